The van der Waals surface area contributed by atoms with E-state index in [9.17, 15) is 0 Å². The van der Waals surface area contributed by atoms with Gasteiger partial charge in [0.15, 0.2) is 5.82 Å². The smallest absolute Gasteiger partial charge is 0.166 e. The summed E-state index contributed by atoms with van der Waals surface area (Å²) in [6, 6.07) is 1.56. The van der Waals surface area contributed by atoms with E-state index in [4.69, 9.17) is 34.8 Å². The topological polar surface area (TPSA) is 37.3 Å². The first kappa shape index (κ1) is 13.9. The number of rotatable bonds is 2. The second-order valence-corrected chi connectivity index (χ2v) is 5.74. The molecule has 18 heavy (non-hydrogen) atoms. The van der Waals surface area contributed by atoms with Crippen molar-refractivity contribution in [2.45, 2.75) is 32.6 Å². The summed E-state index contributed by atoms with van der Waals surface area (Å²) in [7, 11) is 0. The summed E-state index contributed by atoms with van der Waals surface area (Å²) < 4.78 is 0. The Morgan fingerprint density at radius 2 is 1.89 bits per heavy atom. The Kier molecular flexibility index (Phi) is 4.71. The molecule has 2 rings (SSSR count). The van der Waals surface area contributed by atoms with Crippen LogP contribution in [0.4, 0.5) is 5.82 Å². The molecule has 3 nitrogen and oxygen atoms in total. The fourth-order valence-corrected chi connectivity index (χ4v) is 2.40. The third kappa shape index (κ3) is 3.50. The van der Waals surface area contributed by atoms with Crippen LogP contribution in [0.5, 0.6) is 0 Å². The maximum atomic E-state index is 6.01. The summed E-state index contributed by atoms with van der Waals surface area (Å²) in [6.45, 7) is 2.27. The normalized spacial score (nSPS) is 19.8. The zero-order chi connectivity index (χ0) is 13.1. The number of halogens is 3. The number of hydrazone groups is 1. The van der Waals surface area contributed by atoms with E-state index >= 15 is 0 Å². The lowest BCUT2D eigenvalue weighted by Gasteiger charge is -2.18. The standard InChI is InChI=1S/C12H14Cl3N3/c1-7-2-4-8(5-3-7)17-18-12-10(14)6-9(13)11(15)16-12/h6-7H,2-5H2,1H3,(H,16,18). The Hall–Kier alpha value is -0.510. The van der Waals surface area contributed by atoms with E-state index in [0.29, 0.717) is 15.9 Å². The molecule has 6 heteroatoms. The Labute approximate surface area is 122 Å². The van der Waals surface area contributed by atoms with Gasteiger partial charge in [0.05, 0.1) is 10.0 Å². The van der Waals surface area contributed by atoms with Crippen molar-refractivity contribution in [2.75, 3.05) is 5.43 Å². The van der Waals surface area contributed by atoms with Crippen LogP contribution in [0.3, 0.4) is 0 Å². The molecule has 0 amide bonds. The predicted octanol–water partition coefficient (Wildman–Crippen LogP) is 5.02. The van der Waals surface area contributed by atoms with Crippen LogP contribution in [-0.4, -0.2) is 10.7 Å². The first-order valence-electron chi connectivity index (χ1n) is 5.89. The van der Waals surface area contributed by atoms with Gasteiger partial charge in [0, 0.05) is 5.71 Å². The Balaban J connectivity index is 2.06. The highest BCUT2D eigenvalue weighted by atomic mass is 35.5. The molecule has 0 aromatic carbocycles. The molecule has 1 aliphatic rings. The van der Waals surface area contributed by atoms with Crippen molar-refractivity contribution in [1.29, 1.82) is 0 Å². The third-order valence-corrected chi connectivity index (χ3v) is 4.02. The van der Waals surface area contributed by atoms with Gasteiger partial charge in [-0.05, 0) is 37.7 Å². The van der Waals surface area contributed by atoms with Gasteiger partial charge < -0.3 is 0 Å². The van der Waals surface area contributed by atoms with Gasteiger partial charge in [-0.25, -0.2) is 4.98 Å². The first-order valence-corrected chi connectivity index (χ1v) is 7.02. The monoisotopic (exact) mass is 305 g/mol. The first-order chi connectivity index (χ1) is 8.56. The molecule has 0 atom stereocenters. The van der Waals surface area contributed by atoms with E-state index in [1.165, 1.54) is 12.8 Å². The van der Waals surface area contributed by atoms with Crippen molar-refractivity contribution < 1.29 is 0 Å². The molecular formula is C12H14Cl3N3. The van der Waals surface area contributed by atoms with Crippen LogP contribution in [0.2, 0.25) is 15.2 Å². The van der Waals surface area contributed by atoms with Crippen LogP contribution in [0.25, 0.3) is 0 Å². The number of anilines is 1. The molecule has 0 saturated heterocycles. The molecule has 98 valence electrons. The number of nitrogens with zero attached hydrogens (tertiary/aromatic N) is 2. The molecule has 1 fully saturated rings. The molecular weight excluding hydrogens is 293 g/mol. The van der Waals surface area contributed by atoms with Crippen molar-refractivity contribution >= 4 is 46.3 Å². The molecule has 0 radical (unpaired) electrons. The molecule has 1 aromatic rings. The highest BCUT2D eigenvalue weighted by Gasteiger charge is 2.14. The average Bonchev–Trinajstić information content (AvgIpc) is 2.34. The van der Waals surface area contributed by atoms with Crippen LogP contribution < -0.4 is 5.43 Å². The highest BCUT2D eigenvalue weighted by molar-refractivity contribution is 6.42. The Morgan fingerprint density at radius 3 is 2.56 bits per heavy atom. The zero-order valence-electron chi connectivity index (χ0n) is 10.0. The van der Waals surface area contributed by atoms with E-state index in [2.05, 4.69) is 22.4 Å². The van der Waals surface area contributed by atoms with E-state index in [-0.39, 0.29) is 5.15 Å². The van der Waals surface area contributed by atoms with Crippen LogP contribution in [-0.2, 0) is 0 Å². The molecule has 0 bridgehead atoms. The molecule has 0 unspecified atom stereocenters. The SMILES string of the molecule is CC1CCC(=NNc2nc(Cl)c(Cl)cc2Cl)CC1. The fraction of sp³-hybridized carbons (Fsp3) is 0.500. The zero-order valence-corrected chi connectivity index (χ0v) is 12.3. The largest absolute Gasteiger partial charge is 0.260 e. The lowest BCUT2D eigenvalue weighted by molar-refractivity contribution is 0.483. The summed E-state index contributed by atoms with van der Waals surface area (Å²) in [5.74, 6) is 1.23. The minimum absolute atomic E-state index is 0.223. The molecule has 1 aliphatic carbocycles. The molecule has 0 spiro atoms. The van der Waals surface area contributed by atoms with Crippen molar-refractivity contribution in [3.8, 4) is 0 Å². The molecule has 1 N–H and O–H groups in total. The maximum Gasteiger partial charge on any atom is 0.166 e. The minimum Gasteiger partial charge on any atom is -0.260 e. The van der Waals surface area contributed by atoms with E-state index in [1.54, 1.807) is 6.07 Å². The van der Waals surface area contributed by atoms with Crippen molar-refractivity contribution in [3.05, 3.63) is 21.3 Å². The van der Waals surface area contributed by atoms with E-state index < -0.39 is 0 Å². The second kappa shape index (κ2) is 6.09. The van der Waals surface area contributed by atoms with Crippen LogP contribution in [0.1, 0.15) is 32.6 Å². The van der Waals surface area contributed by atoms with Crippen LogP contribution >= 0.6 is 34.8 Å². The van der Waals surface area contributed by atoms with Gasteiger partial charge in [-0.2, -0.15) is 5.10 Å². The summed E-state index contributed by atoms with van der Waals surface area (Å²) in [6.07, 6.45) is 4.41. The lowest BCUT2D eigenvalue weighted by Crippen LogP contribution is -2.13. The van der Waals surface area contributed by atoms with Gasteiger partial charge in [0.1, 0.15) is 5.15 Å². The molecule has 0 aliphatic heterocycles. The summed E-state index contributed by atoms with van der Waals surface area (Å²) >= 11 is 17.6. The molecule has 1 saturated carbocycles. The molecule has 1 aromatic heterocycles. The number of nitrogens with one attached hydrogen (secondary N) is 1. The van der Waals surface area contributed by atoms with E-state index in [1.807, 2.05) is 0 Å². The number of hydrogen-bond acceptors (Lipinski definition) is 3. The van der Waals surface area contributed by atoms with Gasteiger partial charge in [-0.3, -0.25) is 5.43 Å². The van der Waals surface area contributed by atoms with Crippen molar-refractivity contribution in [3.63, 3.8) is 0 Å². The van der Waals surface area contributed by atoms with Crippen LogP contribution in [0, 0.1) is 5.92 Å². The van der Waals surface area contributed by atoms with Gasteiger partial charge in [-0.15, -0.1) is 0 Å². The quantitative estimate of drug-likeness (QED) is 0.615. The minimum atomic E-state index is 0.223. The Morgan fingerprint density at radius 1 is 1.22 bits per heavy atom. The Bertz CT molecular complexity index is 464. The fourth-order valence-electron chi connectivity index (χ4n) is 1.86. The maximum absolute atomic E-state index is 6.01. The van der Waals surface area contributed by atoms with E-state index in [0.717, 1.165) is 24.5 Å². The van der Waals surface area contributed by atoms with Gasteiger partial charge in [0.2, 0.25) is 0 Å². The van der Waals surface area contributed by atoms with Gasteiger partial charge >= 0.3 is 0 Å². The predicted molar refractivity (Wildman–Crippen MR) is 78.0 cm³/mol. The second-order valence-electron chi connectivity index (χ2n) is 4.56. The van der Waals surface area contributed by atoms with Crippen molar-refractivity contribution in [1.82, 2.24) is 4.98 Å². The third-order valence-electron chi connectivity index (χ3n) is 3.06. The number of hydrogen-bond donors (Lipinski definition) is 1. The number of pyridine rings is 1. The summed E-state index contributed by atoms with van der Waals surface area (Å²) in [4.78, 5) is 4.05. The summed E-state index contributed by atoms with van der Waals surface area (Å²) in [5.41, 5.74) is 4.02. The summed E-state index contributed by atoms with van der Waals surface area (Å²) in [5, 5.41) is 5.31. The average molecular weight is 307 g/mol. The number of aromatic nitrogens is 1. The lowest BCUT2D eigenvalue weighted by atomic mass is 9.90. The highest BCUT2D eigenvalue weighted by Crippen LogP contribution is 2.29. The van der Waals surface area contributed by atoms with Gasteiger partial charge in [0.25, 0.3) is 0 Å². The molecule has 1 heterocycles. The van der Waals surface area contributed by atoms with Crippen molar-refractivity contribution in [2.24, 2.45) is 11.0 Å². The van der Waals surface area contributed by atoms with Gasteiger partial charge in [-0.1, -0.05) is 41.7 Å². The van der Waals surface area contributed by atoms with Crippen LogP contribution in [0.15, 0.2) is 11.2 Å².